The monoisotopic (exact) mass is 274 g/mol. The molecule has 0 aromatic carbocycles. The SMILES string of the molecule is Cc1cc(Nc2nc(CCl)cs2)nc(Cl)n1. The molecule has 0 aliphatic heterocycles. The van der Waals surface area contributed by atoms with Gasteiger partial charge in [-0.05, 0) is 18.5 Å². The molecule has 7 heteroatoms. The van der Waals surface area contributed by atoms with Crippen LogP contribution in [-0.2, 0) is 5.88 Å². The van der Waals surface area contributed by atoms with Crippen LogP contribution < -0.4 is 5.32 Å². The molecule has 84 valence electrons. The molecule has 0 amide bonds. The topological polar surface area (TPSA) is 50.7 Å². The van der Waals surface area contributed by atoms with Crippen molar-refractivity contribution < 1.29 is 0 Å². The van der Waals surface area contributed by atoms with Crippen LogP contribution in [0.25, 0.3) is 0 Å². The van der Waals surface area contributed by atoms with Crippen molar-refractivity contribution in [2.24, 2.45) is 0 Å². The van der Waals surface area contributed by atoms with Gasteiger partial charge in [0.1, 0.15) is 5.82 Å². The fourth-order valence-electron chi connectivity index (χ4n) is 1.13. The van der Waals surface area contributed by atoms with Crippen LogP contribution in [0.15, 0.2) is 11.4 Å². The highest BCUT2D eigenvalue weighted by Crippen LogP contribution is 2.21. The van der Waals surface area contributed by atoms with Crippen LogP contribution in [-0.4, -0.2) is 15.0 Å². The maximum Gasteiger partial charge on any atom is 0.224 e. The second-order valence-corrected chi connectivity index (χ2v) is 4.53. The molecule has 0 bridgehead atoms. The molecule has 16 heavy (non-hydrogen) atoms. The van der Waals surface area contributed by atoms with E-state index in [0.29, 0.717) is 11.7 Å². The van der Waals surface area contributed by atoms with Crippen molar-refractivity contribution in [2.45, 2.75) is 12.8 Å². The minimum absolute atomic E-state index is 0.219. The van der Waals surface area contributed by atoms with Gasteiger partial charge in [-0.2, -0.15) is 0 Å². The number of thiazole rings is 1. The van der Waals surface area contributed by atoms with Crippen LogP contribution in [0.5, 0.6) is 0 Å². The van der Waals surface area contributed by atoms with Gasteiger partial charge in [0.15, 0.2) is 5.13 Å². The Balaban J connectivity index is 2.19. The predicted molar refractivity (Wildman–Crippen MR) is 66.7 cm³/mol. The maximum absolute atomic E-state index is 5.75. The van der Waals surface area contributed by atoms with E-state index in [2.05, 4.69) is 20.3 Å². The van der Waals surface area contributed by atoms with Crippen LogP contribution in [0.1, 0.15) is 11.4 Å². The molecule has 0 fully saturated rings. The summed E-state index contributed by atoms with van der Waals surface area (Å²) >= 11 is 12.9. The smallest absolute Gasteiger partial charge is 0.224 e. The van der Waals surface area contributed by atoms with Gasteiger partial charge in [0, 0.05) is 17.1 Å². The summed E-state index contributed by atoms with van der Waals surface area (Å²) in [5, 5.41) is 5.91. The highest BCUT2D eigenvalue weighted by Gasteiger charge is 2.04. The number of hydrogen-bond acceptors (Lipinski definition) is 5. The van der Waals surface area contributed by atoms with Gasteiger partial charge in [-0.15, -0.1) is 22.9 Å². The third-order valence-corrected chi connectivity index (χ3v) is 3.00. The molecular weight excluding hydrogens is 267 g/mol. The first-order valence-corrected chi connectivity index (χ1v) is 6.25. The molecule has 0 radical (unpaired) electrons. The molecule has 2 rings (SSSR count). The lowest BCUT2D eigenvalue weighted by Crippen LogP contribution is -1.96. The van der Waals surface area contributed by atoms with Gasteiger partial charge in [-0.1, -0.05) is 0 Å². The van der Waals surface area contributed by atoms with Crippen molar-refractivity contribution in [3.05, 3.63) is 28.1 Å². The zero-order chi connectivity index (χ0) is 11.5. The van der Waals surface area contributed by atoms with Gasteiger partial charge in [0.2, 0.25) is 5.28 Å². The molecule has 0 spiro atoms. The van der Waals surface area contributed by atoms with Gasteiger partial charge >= 0.3 is 0 Å². The molecule has 0 atom stereocenters. The Bertz CT molecular complexity index is 480. The summed E-state index contributed by atoms with van der Waals surface area (Å²) in [6.07, 6.45) is 0. The minimum Gasteiger partial charge on any atom is -0.316 e. The molecular formula is C9H8Cl2N4S. The number of alkyl halides is 1. The molecule has 4 nitrogen and oxygen atoms in total. The van der Waals surface area contributed by atoms with Gasteiger partial charge in [0.25, 0.3) is 0 Å². The van der Waals surface area contributed by atoms with E-state index in [1.807, 2.05) is 12.3 Å². The van der Waals surface area contributed by atoms with Gasteiger partial charge in [-0.25, -0.2) is 15.0 Å². The fraction of sp³-hybridized carbons (Fsp3) is 0.222. The number of halogens is 2. The highest BCUT2D eigenvalue weighted by atomic mass is 35.5. The quantitative estimate of drug-likeness (QED) is 0.689. The number of nitrogens with one attached hydrogen (secondary N) is 1. The van der Waals surface area contributed by atoms with Crippen LogP contribution in [0, 0.1) is 6.92 Å². The van der Waals surface area contributed by atoms with E-state index >= 15 is 0 Å². The number of aromatic nitrogens is 3. The van der Waals surface area contributed by atoms with Crippen molar-refractivity contribution in [1.29, 1.82) is 0 Å². The number of rotatable bonds is 3. The third-order valence-electron chi connectivity index (χ3n) is 1.75. The average molecular weight is 275 g/mol. The van der Waals surface area contributed by atoms with Gasteiger partial charge < -0.3 is 5.32 Å². The average Bonchev–Trinajstić information content (AvgIpc) is 2.64. The first kappa shape index (κ1) is 11.6. The highest BCUT2D eigenvalue weighted by molar-refractivity contribution is 7.13. The zero-order valence-electron chi connectivity index (χ0n) is 8.37. The van der Waals surface area contributed by atoms with Gasteiger partial charge in [0.05, 0.1) is 11.6 Å². The lowest BCUT2D eigenvalue weighted by Gasteiger charge is -2.02. The largest absolute Gasteiger partial charge is 0.316 e. The number of anilines is 2. The van der Waals surface area contributed by atoms with E-state index in [1.165, 1.54) is 11.3 Å². The van der Waals surface area contributed by atoms with Crippen LogP contribution in [0.2, 0.25) is 5.28 Å². The van der Waals surface area contributed by atoms with E-state index in [1.54, 1.807) is 6.07 Å². The summed E-state index contributed by atoms with van der Waals surface area (Å²) in [4.78, 5) is 12.3. The van der Waals surface area contributed by atoms with E-state index in [-0.39, 0.29) is 5.28 Å². The molecule has 2 aromatic rings. The fourth-order valence-corrected chi connectivity index (χ4v) is 2.30. The van der Waals surface area contributed by atoms with Crippen molar-refractivity contribution in [3.8, 4) is 0 Å². The summed E-state index contributed by atoms with van der Waals surface area (Å²) in [5.41, 5.74) is 1.64. The molecule has 2 heterocycles. The molecule has 0 aliphatic carbocycles. The number of nitrogens with zero attached hydrogens (tertiary/aromatic N) is 3. The van der Waals surface area contributed by atoms with Crippen molar-refractivity contribution >= 4 is 45.5 Å². The Morgan fingerprint density at radius 3 is 2.81 bits per heavy atom. The summed E-state index contributed by atoms with van der Waals surface area (Å²) in [6, 6.07) is 1.80. The lowest BCUT2D eigenvalue weighted by molar-refractivity contribution is 1.10. The molecule has 0 saturated carbocycles. The molecule has 2 aromatic heterocycles. The summed E-state index contributed by atoms with van der Waals surface area (Å²) in [6.45, 7) is 1.85. The Morgan fingerprint density at radius 1 is 1.38 bits per heavy atom. The van der Waals surface area contributed by atoms with Crippen molar-refractivity contribution in [1.82, 2.24) is 15.0 Å². The molecule has 0 saturated heterocycles. The summed E-state index contributed by atoms with van der Waals surface area (Å²) in [7, 11) is 0. The predicted octanol–water partition coefficient (Wildman–Crippen LogP) is 3.38. The third kappa shape index (κ3) is 2.81. The summed E-state index contributed by atoms with van der Waals surface area (Å²) < 4.78 is 0. The Labute approximate surface area is 107 Å². The number of aryl methyl sites for hydroxylation is 1. The Kier molecular flexibility index (Phi) is 3.58. The van der Waals surface area contributed by atoms with E-state index in [4.69, 9.17) is 23.2 Å². The Morgan fingerprint density at radius 2 is 2.19 bits per heavy atom. The first-order valence-electron chi connectivity index (χ1n) is 4.46. The summed E-state index contributed by atoms with van der Waals surface area (Å²) in [5.74, 6) is 1.04. The van der Waals surface area contributed by atoms with Crippen molar-refractivity contribution in [2.75, 3.05) is 5.32 Å². The van der Waals surface area contributed by atoms with E-state index in [0.717, 1.165) is 16.5 Å². The molecule has 1 N–H and O–H groups in total. The minimum atomic E-state index is 0.219. The molecule has 0 aliphatic rings. The Hall–Kier alpha value is -0.910. The zero-order valence-corrected chi connectivity index (χ0v) is 10.7. The van der Waals surface area contributed by atoms with Crippen molar-refractivity contribution in [3.63, 3.8) is 0 Å². The maximum atomic E-state index is 5.75. The number of hydrogen-bond donors (Lipinski definition) is 1. The van der Waals surface area contributed by atoms with Crippen LogP contribution in [0.4, 0.5) is 10.9 Å². The molecule has 0 unspecified atom stereocenters. The van der Waals surface area contributed by atoms with E-state index < -0.39 is 0 Å². The van der Waals surface area contributed by atoms with Crippen LogP contribution >= 0.6 is 34.5 Å². The standard InChI is InChI=1S/C9H8Cl2N4S/c1-5-2-7(14-8(11)12-5)15-9-13-6(3-10)4-16-9/h2,4H,3H2,1H3,(H,12,13,14,15). The lowest BCUT2D eigenvalue weighted by atomic mass is 10.4. The second kappa shape index (κ2) is 4.95. The normalized spacial score (nSPS) is 10.4. The van der Waals surface area contributed by atoms with Crippen LogP contribution in [0.3, 0.4) is 0 Å². The second-order valence-electron chi connectivity index (χ2n) is 3.07. The van der Waals surface area contributed by atoms with E-state index in [9.17, 15) is 0 Å². The van der Waals surface area contributed by atoms with Gasteiger partial charge in [-0.3, -0.25) is 0 Å². The first-order chi connectivity index (χ1) is 7.67.